The molecule has 2 aliphatic carbocycles. The first-order valence-electron chi connectivity index (χ1n) is 14.5. The van der Waals surface area contributed by atoms with E-state index in [1.165, 1.54) is 17.0 Å². The fraction of sp³-hybridized carbons (Fsp3) is 0.548. The fourth-order valence-corrected chi connectivity index (χ4v) is 6.55. The molecule has 43 heavy (non-hydrogen) atoms. The van der Waals surface area contributed by atoms with E-state index in [1.807, 2.05) is 4.90 Å². The minimum Gasteiger partial charge on any atom is -0.490 e. The molecule has 232 valence electrons. The van der Waals surface area contributed by atoms with Gasteiger partial charge >= 0.3 is 12.1 Å². The number of amides is 1. The Morgan fingerprint density at radius 2 is 1.77 bits per heavy atom. The van der Waals surface area contributed by atoms with Crippen molar-refractivity contribution in [1.29, 1.82) is 0 Å². The van der Waals surface area contributed by atoms with E-state index in [1.54, 1.807) is 0 Å². The van der Waals surface area contributed by atoms with Crippen LogP contribution in [0.4, 0.5) is 22.0 Å². The molecule has 2 saturated carbocycles. The average Bonchev–Trinajstić information content (AvgIpc) is 3.87. The second-order valence-electron chi connectivity index (χ2n) is 12.7. The fourth-order valence-electron chi connectivity index (χ4n) is 6.31. The van der Waals surface area contributed by atoms with Gasteiger partial charge in [-0.15, -0.1) is 0 Å². The van der Waals surface area contributed by atoms with Crippen LogP contribution in [0.2, 0.25) is 5.02 Å². The summed E-state index contributed by atoms with van der Waals surface area (Å²) in [7, 11) is 0. The maximum absolute atomic E-state index is 15.8. The number of carboxylic acids is 1. The molecule has 1 N–H and O–H groups in total. The minimum absolute atomic E-state index is 0.00191. The van der Waals surface area contributed by atoms with Gasteiger partial charge in [-0.05, 0) is 85.6 Å². The van der Waals surface area contributed by atoms with Gasteiger partial charge < -0.3 is 14.7 Å². The number of hydrogen-bond acceptors (Lipinski definition) is 4. The SMILES string of the molecule is O=C(O)[C@@H]1CC2(CC2)CN1C(=O)c1cc(C2CC2)c(OCC2(F)CCN(Cc3ccc(C(F)(F)F)cc3Cl)CC2)cc1F. The van der Waals surface area contributed by atoms with Gasteiger partial charge in [-0.25, -0.2) is 13.6 Å². The van der Waals surface area contributed by atoms with Crippen LogP contribution >= 0.6 is 11.6 Å². The van der Waals surface area contributed by atoms with Gasteiger partial charge in [0.25, 0.3) is 5.91 Å². The number of hydrogen-bond donors (Lipinski definition) is 1. The highest BCUT2D eigenvalue weighted by Crippen LogP contribution is 2.55. The van der Waals surface area contributed by atoms with Crippen LogP contribution in [-0.4, -0.2) is 64.7 Å². The molecule has 0 bridgehead atoms. The maximum atomic E-state index is 15.8. The van der Waals surface area contributed by atoms with Gasteiger partial charge in [-0.3, -0.25) is 9.69 Å². The van der Waals surface area contributed by atoms with E-state index in [2.05, 4.69) is 0 Å². The number of aliphatic carboxylic acids is 1. The van der Waals surface area contributed by atoms with E-state index in [-0.39, 0.29) is 53.7 Å². The monoisotopic (exact) mass is 626 g/mol. The number of benzene rings is 2. The molecule has 4 aliphatic rings. The number of rotatable bonds is 8. The first-order chi connectivity index (χ1) is 20.3. The Kier molecular flexibility index (Phi) is 7.64. The Labute approximate surface area is 250 Å². The number of carbonyl (C=O) groups excluding carboxylic acids is 1. The molecule has 0 radical (unpaired) electrons. The molecule has 2 aromatic rings. The first kappa shape index (κ1) is 30.1. The molecule has 2 heterocycles. The first-order valence-corrected chi connectivity index (χ1v) is 14.9. The minimum atomic E-state index is -4.49. The summed E-state index contributed by atoms with van der Waals surface area (Å²) in [6, 6.07) is 4.79. The van der Waals surface area contributed by atoms with E-state index >= 15 is 8.78 Å². The molecule has 1 spiro atoms. The average molecular weight is 627 g/mol. The van der Waals surface area contributed by atoms with E-state index < -0.39 is 41.1 Å². The molecule has 0 unspecified atom stereocenters. The number of ether oxygens (including phenoxy) is 1. The van der Waals surface area contributed by atoms with Crippen LogP contribution in [0.1, 0.15) is 77.9 Å². The van der Waals surface area contributed by atoms with Crippen molar-refractivity contribution in [3.8, 4) is 5.75 Å². The molecule has 12 heteroatoms. The molecule has 2 aromatic carbocycles. The number of halogens is 6. The van der Waals surface area contributed by atoms with Crippen molar-refractivity contribution in [1.82, 2.24) is 9.80 Å². The largest absolute Gasteiger partial charge is 0.490 e. The standard InChI is InChI=1S/C31H32ClF5N2O4/c32-23-11-20(31(35,36)37)4-3-19(23)15-38-9-7-30(34,8-10-38)17-43-26-13-24(33)22(12-21(26)18-1-2-18)27(40)39-16-29(5-6-29)14-25(39)28(41)42/h3-4,11-13,18,25H,1-2,5-10,14-17H2,(H,41,42)/t25-/m0/s1. The number of likely N-dealkylation sites (tertiary alicyclic amines) is 2. The molecule has 6 nitrogen and oxygen atoms in total. The lowest BCUT2D eigenvalue weighted by Crippen LogP contribution is -2.44. The Morgan fingerprint density at radius 1 is 1.07 bits per heavy atom. The van der Waals surface area contributed by atoms with Gasteiger partial charge in [0.05, 0.1) is 11.1 Å². The molecule has 0 aromatic heterocycles. The number of nitrogens with zero attached hydrogens (tertiary/aromatic N) is 2. The van der Waals surface area contributed by atoms with Crippen molar-refractivity contribution in [2.45, 2.75) is 75.3 Å². The Morgan fingerprint density at radius 3 is 2.35 bits per heavy atom. The third-order valence-corrected chi connectivity index (χ3v) is 9.72. The smallest absolute Gasteiger partial charge is 0.416 e. The van der Waals surface area contributed by atoms with E-state index in [9.17, 15) is 27.9 Å². The van der Waals surface area contributed by atoms with Gasteiger partial charge in [0.1, 0.15) is 29.9 Å². The molecule has 1 amide bonds. The van der Waals surface area contributed by atoms with Gasteiger partial charge in [0.2, 0.25) is 0 Å². The summed E-state index contributed by atoms with van der Waals surface area (Å²) in [5.74, 6) is -2.34. The maximum Gasteiger partial charge on any atom is 0.416 e. The van der Waals surface area contributed by atoms with Crippen LogP contribution in [0, 0.1) is 11.2 Å². The van der Waals surface area contributed by atoms with Crippen molar-refractivity contribution in [3.63, 3.8) is 0 Å². The highest BCUT2D eigenvalue weighted by atomic mass is 35.5. The normalized spacial score (nSPS) is 23.0. The summed E-state index contributed by atoms with van der Waals surface area (Å²) in [5, 5.41) is 9.68. The Hall–Kier alpha value is -2.92. The predicted octanol–water partition coefficient (Wildman–Crippen LogP) is 6.84. The van der Waals surface area contributed by atoms with Crippen molar-refractivity contribution in [2.24, 2.45) is 5.41 Å². The highest BCUT2D eigenvalue weighted by molar-refractivity contribution is 6.31. The molecule has 6 rings (SSSR count). The number of piperidine rings is 1. The second kappa shape index (κ2) is 10.9. The van der Waals surface area contributed by atoms with Crippen LogP contribution in [-0.2, 0) is 17.5 Å². The Bertz CT molecular complexity index is 1430. The zero-order chi connectivity index (χ0) is 30.7. The lowest BCUT2D eigenvalue weighted by molar-refractivity contribution is -0.141. The predicted molar refractivity (Wildman–Crippen MR) is 147 cm³/mol. The quantitative estimate of drug-likeness (QED) is 0.325. The molecular weight excluding hydrogens is 595 g/mol. The molecule has 2 saturated heterocycles. The van der Waals surface area contributed by atoms with Crippen molar-refractivity contribution in [3.05, 3.63) is 63.4 Å². The molecule has 1 atom stereocenters. The molecular formula is C31H32ClF5N2O4. The lowest BCUT2D eigenvalue weighted by atomic mass is 9.93. The summed E-state index contributed by atoms with van der Waals surface area (Å²) in [4.78, 5) is 28.4. The summed E-state index contributed by atoms with van der Waals surface area (Å²) in [5.41, 5.74) is -1.75. The van der Waals surface area contributed by atoms with E-state index in [4.69, 9.17) is 16.3 Å². The van der Waals surface area contributed by atoms with Crippen molar-refractivity contribution in [2.75, 3.05) is 26.2 Å². The van der Waals surface area contributed by atoms with Gasteiger partial charge in [0, 0.05) is 37.3 Å². The van der Waals surface area contributed by atoms with Crippen LogP contribution in [0.15, 0.2) is 30.3 Å². The third-order valence-electron chi connectivity index (χ3n) is 9.37. The third kappa shape index (κ3) is 6.34. The molecule has 2 aliphatic heterocycles. The number of carbonyl (C=O) groups is 2. The summed E-state index contributed by atoms with van der Waals surface area (Å²) < 4.78 is 75.8. The van der Waals surface area contributed by atoms with Gasteiger partial charge in [0.15, 0.2) is 0 Å². The summed E-state index contributed by atoms with van der Waals surface area (Å²) in [6.07, 6.45) is -0.545. The zero-order valence-electron chi connectivity index (χ0n) is 23.4. The zero-order valence-corrected chi connectivity index (χ0v) is 24.1. The van der Waals surface area contributed by atoms with E-state index in [0.717, 1.165) is 43.9 Å². The number of alkyl halides is 4. The second-order valence-corrected chi connectivity index (χ2v) is 13.1. The summed E-state index contributed by atoms with van der Waals surface area (Å²) >= 11 is 6.09. The summed E-state index contributed by atoms with van der Waals surface area (Å²) in [6.45, 7) is 0.921. The number of carboxylic acid groups (broad SMARTS) is 1. The van der Waals surface area contributed by atoms with Crippen LogP contribution in [0.3, 0.4) is 0 Å². The van der Waals surface area contributed by atoms with Crippen LogP contribution in [0.25, 0.3) is 0 Å². The van der Waals surface area contributed by atoms with Gasteiger partial charge in [-0.2, -0.15) is 13.2 Å². The molecule has 4 fully saturated rings. The Balaban J connectivity index is 1.10. The van der Waals surface area contributed by atoms with E-state index in [0.29, 0.717) is 37.2 Å². The topological polar surface area (TPSA) is 70.1 Å². The van der Waals surface area contributed by atoms with Crippen LogP contribution in [0.5, 0.6) is 5.75 Å². The lowest BCUT2D eigenvalue weighted by Gasteiger charge is -2.36. The van der Waals surface area contributed by atoms with Gasteiger partial charge in [-0.1, -0.05) is 17.7 Å². The van der Waals surface area contributed by atoms with Crippen molar-refractivity contribution >= 4 is 23.5 Å². The van der Waals surface area contributed by atoms with Crippen molar-refractivity contribution < 1.29 is 41.4 Å². The van der Waals surface area contributed by atoms with Crippen LogP contribution < -0.4 is 4.74 Å². The highest BCUT2D eigenvalue weighted by Gasteiger charge is 2.55.